The molecule has 0 aliphatic carbocycles. The van der Waals surface area contributed by atoms with Crippen LogP contribution in [0.1, 0.15) is 0 Å². The highest BCUT2D eigenvalue weighted by Crippen LogP contribution is 2.29. The Morgan fingerprint density at radius 2 is 2.21 bits per heavy atom. The first-order valence-corrected chi connectivity index (χ1v) is 4.79. The molecule has 0 aromatic carbocycles. The van der Waals surface area contributed by atoms with Crippen LogP contribution in [0.2, 0.25) is 0 Å². The van der Waals surface area contributed by atoms with Crippen LogP contribution in [0, 0.1) is 0 Å². The zero-order chi connectivity index (χ0) is 10.4. The summed E-state index contributed by atoms with van der Waals surface area (Å²) in [6.07, 6.45) is 1.50. The van der Waals surface area contributed by atoms with Crippen molar-refractivity contribution in [1.29, 1.82) is 0 Å². The lowest BCUT2D eigenvalue weighted by Crippen LogP contribution is -2.10. The first kappa shape index (κ1) is 11.1. The maximum Gasteiger partial charge on any atom is 0.441 e. The van der Waals surface area contributed by atoms with E-state index in [1.54, 1.807) is 12.1 Å². The van der Waals surface area contributed by atoms with Crippen molar-refractivity contribution in [2.45, 2.75) is 5.51 Å². The van der Waals surface area contributed by atoms with Crippen molar-refractivity contribution < 1.29 is 13.2 Å². The Kier molecular flexibility index (Phi) is 3.99. The average Bonchev–Trinajstić information content (AvgIpc) is 2.13. The average molecular weight is 223 g/mol. The summed E-state index contributed by atoms with van der Waals surface area (Å²) >= 11 is -0.0579. The number of alkyl halides is 3. The standard InChI is InChI=1S/C7H8F3N3S/c8-7(9,10)14-5-4-11-6-2-1-3-12-13-6/h1-3H,4-5H2,(H,11,13). The van der Waals surface area contributed by atoms with Gasteiger partial charge < -0.3 is 5.32 Å². The van der Waals surface area contributed by atoms with Gasteiger partial charge in [0.2, 0.25) is 0 Å². The molecular formula is C7H8F3N3S. The fourth-order valence-electron chi connectivity index (χ4n) is 0.742. The second-order valence-electron chi connectivity index (χ2n) is 2.33. The predicted octanol–water partition coefficient (Wildman–Crippen LogP) is 2.14. The summed E-state index contributed by atoms with van der Waals surface area (Å²) < 4.78 is 35.1. The van der Waals surface area contributed by atoms with Gasteiger partial charge in [0.1, 0.15) is 5.82 Å². The second kappa shape index (κ2) is 5.04. The molecule has 0 fully saturated rings. The molecule has 78 valence electrons. The first-order chi connectivity index (χ1) is 6.58. The highest BCUT2D eigenvalue weighted by Gasteiger charge is 2.27. The first-order valence-electron chi connectivity index (χ1n) is 3.80. The van der Waals surface area contributed by atoms with Crippen LogP contribution in [0.15, 0.2) is 18.3 Å². The van der Waals surface area contributed by atoms with Gasteiger partial charge in [-0.15, -0.1) is 5.10 Å². The van der Waals surface area contributed by atoms with Crippen molar-refractivity contribution in [2.75, 3.05) is 17.6 Å². The number of rotatable bonds is 4. The normalized spacial score (nSPS) is 11.4. The molecule has 14 heavy (non-hydrogen) atoms. The van der Waals surface area contributed by atoms with E-state index in [9.17, 15) is 13.2 Å². The van der Waals surface area contributed by atoms with Crippen LogP contribution in [-0.4, -0.2) is 28.0 Å². The zero-order valence-corrected chi connectivity index (χ0v) is 7.90. The molecule has 0 aliphatic rings. The minimum atomic E-state index is -4.16. The Labute approximate surface area is 83.1 Å². The van der Waals surface area contributed by atoms with Crippen molar-refractivity contribution in [3.63, 3.8) is 0 Å². The molecule has 1 rings (SSSR count). The molecule has 0 radical (unpaired) electrons. The Morgan fingerprint density at radius 3 is 2.79 bits per heavy atom. The van der Waals surface area contributed by atoms with Gasteiger partial charge in [-0.2, -0.15) is 18.3 Å². The van der Waals surface area contributed by atoms with Gasteiger partial charge in [-0.3, -0.25) is 0 Å². The van der Waals surface area contributed by atoms with Gasteiger partial charge in [0.25, 0.3) is 0 Å². The van der Waals surface area contributed by atoms with E-state index in [4.69, 9.17) is 0 Å². The van der Waals surface area contributed by atoms with E-state index in [1.165, 1.54) is 6.20 Å². The highest BCUT2D eigenvalue weighted by molar-refractivity contribution is 8.00. The van der Waals surface area contributed by atoms with Crippen LogP contribution in [0.25, 0.3) is 0 Å². The summed E-state index contributed by atoms with van der Waals surface area (Å²) in [4.78, 5) is 0. The molecule has 7 heteroatoms. The number of hydrogen-bond donors (Lipinski definition) is 1. The number of thioether (sulfide) groups is 1. The Morgan fingerprint density at radius 1 is 1.43 bits per heavy atom. The Hall–Kier alpha value is -0.980. The molecule has 3 nitrogen and oxygen atoms in total. The van der Waals surface area contributed by atoms with Gasteiger partial charge in [-0.05, 0) is 23.9 Å². The van der Waals surface area contributed by atoms with E-state index in [-0.39, 0.29) is 24.1 Å². The summed E-state index contributed by atoms with van der Waals surface area (Å²) in [5, 5.41) is 9.95. The van der Waals surface area contributed by atoms with E-state index in [0.29, 0.717) is 5.82 Å². The third kappa shape index (κ3) is 4.90. The number of hydrogen-bond acceptors (Lipinski definition) is 4. The van der Waals surface area contributed by atoms with Gasteiger partial charge in [0.15, 0.2) is 0 Å². The van der Waals surface area contributed by atoms with Crippen molar-refractivity contribution in [3.8, 4) is 0 Å². The molecule has 1 N–H and O–H groups in total. The van der Waals surface area contributed by atoms with E-state index in [1.807, 2.05) is 0 Å². The summed E-state index contributed by atoms with van der Waals surface area (Å²) in [5.74, 6) is 0.440. The number of aromatic nitrogens is 2. The third-order valence-electron chi connectivity index (χ3n) is 1.25. The minimum Gasteiger partial charge on any atom is -0.368 e. The van der Waals surface area contributed by atoms with E-state index in [2.05, 4.69) is 15.5 Å². The molecule has 0 bridgehead atoms. The number of nitrogens with one attached hydrogen (secondary N) is 1. The predicted molar refractivity (Wildman–Crippen MR) is 49.0 cm³/mol. The molecule has 0 saturated carbocycles. The largest absolute Gasteiger partial charge is 0.441 e. The number of nitrogens with zero attached hydrogens (tertiary/aromatic N) is 2. The van der Waals surface area contributed by atoms with Crippen molar-refractivity contribution in [1.82, 2.24) is 10.2 Å². The van der Waals surface area contributed by atoms with Gasteiger partial charge in [0, 0.05) is 18.5 Å². The molecule has 0 saturated heterocycles. The SMILES string of the molecule is FC(F)(F)SCCNc1cccnn1. The van der Waals surface area contributed by atoms with Gasteiger partial charge in [-0.25, -0.2) is 0 Å². The summed E-state index contributed by atoms with van der Waals surface area (Å²) in [5.41, 5.74) is -4.16. The van der Waals surface area contributed by atoms with E-state index >= 15 is 0 Å². The maximum absolute atomic E-state index is 11.7. The lowest BCUT2D eigenvalue weighted by atomic mass is 10.5. The molecule has 1 aromatic rings. The van der Waals surface area contributed by atoms with E-state index in [0.717, 1.165) is 0 Å². The molecule has 0 aliphatic heterocycles. The zero-order valence-electron chi connectivity index (χ0n) is 7.08. The lowest BCUT2D eigenvalue weighted by Gasteiger charge is -2.06. The maximum atomic E-state index is 11.7. The van der Waals surface area contributed by atoms with E-state index < -0.39 is 5.51 Å². The van der Waals surface area contributed by atoms with Crippen LogP contribution in [0.5, 0.6) is 0 Å². The van der Waals surface area contributed by atoms with Crippen LogP contribution in [0.4, 0.5) is 19.0 Å². The summed E-state index contributed by atoms with van der Waals surface area (Å²) in [6, 6.07) is 3.30. The van der Waals surface area contributed by atoms with Gasteiger partial charge >= 0.3 is 5.51 Å². The molecule has 0 spiro atoms. The number of anilines is 1. The molecule has 1 aromatic heterocycles. The topological polar surface area (TPSA) is 37.8 Å². The summed E-state index contributed by atoms with van der Waals surface area (Å²) in [6.45, 7) is 0.211. The van der Waals surface area contributed by atoms with Crippen LogP contribution in [-0.2, 0) is 0 Å². The smallest absolute Gasteiger partial charge is 0.368 e. The van der Waals surface area contributed by atoms with Gasteiger partial charge in [-0.1, -0.05) is 0 Å². The van der Waals surface area contributed by atoms with Crippen molar-refractivity contribution in [2.24, 2.45) is 0 Å². The quantitative estimate of drug-likeness (QED) is 0.793. The number of halogens is 3. The van der Waals surface area contributed by atoms with Crippen molar-refractivity contribution >= 4 is 17.6 Å². The fraction of sp³-hybridized carbons (Fsp3) is 0.429. The van der Waals surface area contributed by atoms with Crippen LogP contribution >= 0.6 is 11.8 Å². The molecule has 0 unspecified atom stereocenters. The monoisotopic (exact) mass is 223 g/mol. The Balaban J connectivity index is 2.17. The third-order valence-corrected chi connectivity index (χ3v) is 1.98. The molecule has 0 amide bonds. The van der Waals surface area contributed by atoms with Crippen molar-refractivity contribution in [3.05, 3.63) is 18.3 Å². The molecule has 0 atom stereocenters. The lowest BCUT2D eigenvalue weighted by molar-refractivity contribution is -0.0327. The molecular weight excluding hydrogens is 215 g/mol. The summed E-state index contributed by atoms with van der Waals surface area (Å²) in [7, 11) is 0. The Bertz CT molecular complexity index is 265. The van der Waals surface area contributed by atoms with Gasteiger partial charge in [0.05, 0.1) is 0 Å². The molecule has 1 heterocycles. The highest BCUT2D eigenvalue weighted by atomic mass is 32.2. The van der Waals surface area contributed by atoms with Crippen LogP contribution < -0.4 is 5.32 Å². The minimum absolute atomic E-state index is 0.0416. The fourth-order valence-corrected chi connectivity index (χ4v) is 1.18. The van der Waals surface area contributed by atoms with Crippen LogP contribution in [0.3, 0.4) is 0 Å². The second-order valence-corrected chi connectivity index (χ2v) is 3.49.